The van der Waals surface area contributed by atoms with Crippen LogP contribution >= 0.6 is 7.37 Å². The Hall–Kier alpha value is -1.12. The van der Waals surface area contributed by atoms with E-state index in [1.807, 2.05) is 6.07 Å². The topological polar surface area (TPSA) is 63.6 Å². The number of carbonyl (C=O) groups is 1. The van der Waals surface area contributed by atoms with Gasteiger partial charge in [0.2, 0.25) is 0 Å². The van der Waals surface area contributed by atoms with Gasteiger partial charge >= 0.3 is 13.1 Å². The summed E-state index contributed by atoms with van der Waals surface area (Å²) in [5, 5.41) is 8.84. The Morgan fingerprint density at radius 2 is 2.00 bits per heavy atom. The van der Waals surface area contributed by atoms with E-state index in [0.717, 1.165) is 0 Å². The average Bonchev–Trinajstić information content (AvgIpc) is 2.19. The van der Waals surface area contributed by atoms with Crippen molar-refractivity contribution in [3.05, 3.63) is 35.9 Å². The van der Waals surface area contributed by atoms with Crippen LogP contribution in [0.3, 0.4) is 0 Å². The van der Waals surface area contributed by atoms with Crippen molar-refractivity contribution in [2.24, 2.45) is 0 Å². The lowest BCUT2D eigenvalue weighted by atomic mass is 10.2. The molecule has 1 N–H and O–H groups in total. The highest BCUT2D eigenvalue weighted by Gasteiger charge is 2.32. The van der Waals surface area contributed by atoms with Gasteiger partial charge in [-0.05, 0) is 12.5 Å². The summed E-state index contributed by atoms with van der Waals surface area (Å²) in [6, 6.07) is 8.82. The maximum absolute atomic E-state index is 11.9. The van der Waals surface area contributed by atoms with Crippen molar-refractivity contribution >= 4 is 13.1 Å². The standard InChI is InChI=1S/C10H13O4P/c1-2-14-15(13,10(11)12)8-9-6-4-3-5-7-9/h3-7H,2,8H2,1H3,(H,11,12). The van der Waals surface area contributed by atoms with Gasteiger partial charge in [-0.1, -0.05) is 30.3 Å². The van der Waals surface area contributed by atoms with Gasteiger partial charge in [0, 0.05) is 0 Å². The molecule has 0 bridgehead atoms. The molecule has 1 rings (SSSR count). The SMILES string of the molecule is CCOP(=O)(Cc1ccccc1)C(=O)O. The van der Waals surface area contributed by atoms with Gasteiger partial charge in [0.1, 0.15) is 0 Å². The van der Waals surface area contributed by atoms with E-state index in [0.29, 0.717) is 5.56 Å². The molecule has 1 unspecified atom stereocenters. The molecule has 4 nitrogen and oxygen atoms in total. The first-order chi connectivity index (χ1) is 7.08. The molecular formula is C10H13O4P. The third-order valence-electron chi connectivity index (χ3n) is 1.86. The molecule has 0 saturated carbocycles. The smallest absolute Gasteiger partial charge is 0.389 e. The molecule has 0 saturated heterocycles. The van der Waals surface area contributed by atoms with Crippen molar-refractivity contribution in [2.75, 3.05) is 6.61 Å². The van der Waals surface area contributed by atoms with Crippen molar-refractivity contribution < 1.29 is 19.0 Å². The monoisotopic (exact) mass is 228 g/mol. The first-order valence-electron chi connectivity index (χ1n) is 4.59. The van der Waals surface area contributed by atoms with Gasteiger partial charge in [-0.15, -0.1) is 0 Å². The molecule has 0 fully saturated rings. The maximum Gasteiger partial charge on any atom is 0.389 e. The highest BCUT2D eigenvalue weighted by Crippen LogP contribution is 2.50. The predicted octanol–water partition coefficient (Wildman–Crippen LogP) is 3.18. The maximum atomic E-state index is 11.9. The first-order valence-corrected chi connectivity index (χ1v) is 6.40. The molecule has 15 heavy (non-hydrogen) atoms. The number of hydrogen-bond donors (Lipinski definition) is 1. The number of rotatable bonds is 5. The zero-order valence-electron chi connectivity index (χ0n) is 8.42. The van der Waals surface area contributed by atoms with E-state index in [1.165, 1.54) is 0 Å². The molecule has 0 spiro atoms. The van der Waals surface area contributed by atoms with E-state index in [2.05, 4.69) is 0 Å². The van der Waals surface area contributed by atoms with Gasteiger partial charge in [0.15, 0.2) is 0 Å². The fourth-order valence-electron chi connectivity index (χ4n) is 1.20. The van der Waals surface area contributed by atoms with Crippen molar-refractivity contribution in [1.29, 1.82) is 0 Å². The molecule has 82 valence electrons. The van der Waals surface area contributed by atoms with Crippen molar-refractivity contribution in [3.63, 3.8) is 0 Å². The van der Waals surface area contributed by atoms with Gasteiger partial charge in [0.05, 0.1) is 12.8 Å². The lowest BCUT2D eigenvalue weighted by Gasteiger charge is -2.12. The van der Waals surface area contributed by atoms with Gasteiger partial charge in [-0.3, -0.25) is 4.57 Å². The van der Waals surface area contributed by atoms with Crippen LogP contribution in [0.15, 0.2) is 30.3 Å². The van der Waals surface area contributed by atoms with Crippen LogP contribution < -0.4 is 0 Å². The average molecular weight is 228 g/mol. The van der Waals surface area contributed by atoms with Crippen molar-refractivity contribution in [3.8, 4) is 0 Å². The Morgan fingerprint density at radius 3 is 2.47 bits per heavy atom. The van der Waals surface area contributed by atoms with Crippen LogP contribution in [0.25, 0.3) is 0 Å². The first kappa shape index (κ1) is 12.0. The Morgan fingerprint density at radius 1 is 1.40 bits per heavy atom. The van der Waals surface area contributed by atoms with Crippen LogP contribution in [-0.2, 0) is 15.3 Å². The van der Waals surface area contributed by atoms with Crippen LogP contribution in [0.1, 0.15) is 12.5 Å². The van der Waals surface area contributed by atoms with Crippen LogP contribution in [0, 0.1) is 0 Å². The summed E-state index contributed by atoms with van der Waals surface area (Å²) in [5.74, 6) is 0. The van der Waals surface area contributed by atoms with E-state index in [9.17, 15) is 9.36 Å². The summed E-state index contributed by atoms with van der Waals surface area (Å²) in [5.41, 5.74) is -0.662. The fourth-order valence-corrected chi connectivity index (χ4v) is 2.65. The third-order valence-corrected chi connectivity index (χ3v) is 3.90. The number of hydrogen-bond acceptors (Lipinski definition) is 3. The zero-order valence-corrected chi connectivity index (χ0v) is 9.31. The molecule has 1 aromatic rings. The minimum atomic E-state index is -3.60. The Bertz CT molecular complexity index is 374. The van der Waals surface area contributed by atoms with Crippen LogP contribution in [0.2, 0.25) is 0 Å². The molecule has 5 heteroatoms. The molecule has 0 aliphatic rings. The van der Waals surface area contributed by atoms with Gasteiger partial charge < -0.3 is 9.63 Å². The quantitative estimate of drug-likeness (QED) is 0.786. The largest absolute Gasteiger partial charge is 0.474 e. The normalized spacial score (nSPS) is 14.5. The molecular weight excluding hydrogens is 215 g/mol. The summed E-state index contributed by atoms with van der Waals surface area (Å²) < 4.78 is 16.7. The molecule has 0 heterocycles. The molecule has 1 atom stereocenters. The van der Waals surface area contributed by atoms with Gasteiger partial charge in [0.25, 0.3) is 0 Å². The van der Waals surface area contributed by atoms with E-state index in [4.69, 9.17) is 9.63 Å². The van der Waals surface area contributed by atoms with Crippen LogP contribution in [0.4, 0.5) is 4.79 Å². The van der Waals surface area contributed by atoms with Gasteiger partial charge in [-0.2, -0.15) is 0 Å². The molecule has 0 aliphatic carbocycles. The highest BCUT2D eigenvalue weighted by atomic mass is 31.2. The molecule has 0 amide bonds. The van der Waals surface area contributed by atoms with Crippen molar-refractivity contribution in [2.45, 2.75) is 13.1 Å². The second-order valence-corrected chi connectivity index (χ2v) is 5.32. The Labute approximate surface area is 88.3 Å². The van der Waals surface area contributed by atoms with E-state index < -0.39 is 13.1 Å². The zero-order chi connectivity index (χ0) is 11.3. The summed E-state index contributed by atoms with van der Waals surface area (Å²) in [6.45, 7) is 1.76. The summed E-state index contributed by atoms with van der Waals surface area (Å²) in [7, 11) is -3.60. The lowest BCUT2D eigenvalue weighted by Crippen LogP contribution is -2.03. The fraction of sp³-hybridized carbons (Fsp3) is 0.300. The Balaban J connectivity index is 2.85. The van der Waals surface area contributed by atoms with E-state index in [-0.39, 0.29) is 12.8 Å². The minimum Gasteiger partial charge on any atom is -0.474 e. The Kier molecular flexibility index (Phi) is 4.06. The number of carboxylic acid groups (broad SMARTS) is 1. The van der Waals surface area contributed by atoms with Crippen LogP contribution in [0.5, 0.6) is 0 Å². The number of benzene rings is 1. The lowest BCUT2D eigenvalue weighted by molar-refractivity contribution is 0.210. The third kappa shape index (κ3) is 3.18. The predicted molar refractivity (Wildman–Crippen MR) is 57.4 cm³/mol. The van der Waals surface area contributed by atoms with Crippen molar-refractivity contribution in [1.82, 2.24) is 0 Å². The second kappa shape index (κ2) is 5.10. The minimum absolute atomic E-state index is 0.0585. The molecule has 0 aromatic heterocycles. The van der Waals surface area contributed by atoms with E-state index >= 15 is 0 Å². The summed E-state index contributed by atoms with van der Waals surface area (Å²) in [4.78, 5) is 10.8. The highest BCUT2D eigenvalue weighted by molar-refractivity contribution is 7.74. The second-order valence-electron chi connectivity index (χ2n) is 3.02. The molecule has 0 aliphatic heterocycles. The van der Waals surface area contributed by atoms with E-state index in [1.54, 1.807) is 31.2 Å². The summed E-state index contributed by atoms with van der Waals surface area (Å²) >= 11 is 0. The van der Waals surface area contributed by atoms with Gasteiger partial charge in [-0.25, -0.2) is 4.79 Å². The van der Waals surface area contributed by atoms with Crippen LogP contribution in [-0.4, -0.2) is 17.4 Å². The summed E-state index contributed by atoms with van der Waals surface area (Å²) in [6.07, 6.45) is -0.0585. The molecule has 1 aromatic carbocycles. The molecule has 0 radical (unpaired) electrons.